The van der Waals surface area contributed by atoms with Crippen LogP contribution in [0.4, 0.5) is 5.69 Å². The third-order valence-corrected chi connectivity index (χ3v) is 3.23. The lowest BCUT2D eigenvalue weighted by atomic mass is 10.0. The summed E-state index contributed by atoms with van der Waals surface area (Å²) in [5.41, 5.74) is 2.96. The van der Waals surface area contributed by atoms with E-state index in [1.807, 2.05) is 56.4 Å². The van der Waals surface area contributed by atoms with E-state index in [0.29, 0.717) is 6.42 Å². The van der Waals surface area contributed by atoms with Crippen LogP contribution < -0.4 is 5.32 Å². The van der Waals surface area contributed by atoms with Gasteiger partial charge in [-0.3, -0.25) is 9.78 Å². The fourth-order valence-corrected chi connectivity index (χ4v) is 2.18. The maximum atomic E-state index is 11.9. The van der Waals surface area contributed by atoms with Crippen molar-refractivity contribution in [2.45, 2.75) is 6.42 Å². The van der Waals surface area contributed by atoms with Crippen molar-refractivity contribution in [2.24, 2.45) is 0 Å². The van der Waals surface area contributed by atoms with E-state index in [2.05, 4.69) is 10.3 Å². The molecule has 1 N–H and O–H groups in total. The summed E-state index contributed by atoms with van der Waals surface area (Å²) in [6, 6.07) is 7.89. The Balaban J connectivity index is 2.15. The molecule has 0 amide bonds. The number of allylic oxidation sites excluding steroid dienone is 1. The smallest absolute Gasteiger partial charge is 0.159 e. The zero-order valence-electron chi connectivity index (χ0n) is 12.8. The molecule has 4 nitrogen and oxygen atoms in total. The van der Waals surface area contributed by atoms with Gasteiger partial charge in [0.2, 0.25) is 0 Å². The Kier molecular flexibility index (Phi) is 5.06. The van der Waals surface area contributed by atoms with E-state index in [9.17, 15) is 4.79 Å². The lowest BCUT2D eigenvalue weighted by Gasteiger charge is -2.07. The molecule has 1 heterocycles. The number of carbonyl (C=O) groups excluding carboxylic acids is 1. The van der Waals surface area contributed by atoms with Crippen molar-refractivity contribution in [3.05, 3.63) is 48.2 Å². The molecule has 1 aromatic heterocycles. The standard InChI is InChI=1S/C17H21N3O/c1-18-16-8-9-19-17-7-6-13(12-15(16)17)11-14(21)5-4-10-20(2)3/h4-9,12H,10-11H2,1-3H3,(H,18,19)/b5-4+. The lowest BCUT2D eigenvalue weighted by Crippen LogP contribution is -2.11. The molecule has 0 unspecified atom stereocenters. The summed E-state index contributed by atoms with van der Waals surface area (Å²) >= 11 is 0. The van der Waals surface area contributed by atoms with Crippen molar-refractivity contribution in [2.75, 3.05) is 33.0 Å². The van der Waals surface area contributed by atoms with E-state index < -0.39 is 0 Å². The zero-order valence-corrected chi connectivity index (χ0v) is 12.8. The molecule has 0 atom stereocenters. The van der Waals surface area contributed by atoms with Crippen LogP contribution in [-0.4, -0.2) is 43.4 Å². The highest BCUT2D eigenvalue weighted by atomic mass is 16.1. The third kappa shape index (κ3) is 4.13. The summed E-state index contributed by atoms with van der Waals surface area (Å²) in [5, 5.41) is 4.20. The van der Waals surface area contributed by atoms with E-state index in [4.69, 9.17) is 0 Å². The summed E-state index contributed by atoms with van der Waals surface area (Å²) in [7, 11) is 5.84. The zero-order chi connectivity index (χ0) is 15.2. The highest BCUT2D eigenvalue weighted by molar-refractivity contribution is 5.94. The van der Waals surface area contributed by atoms with Crippen LogP contribution in [0.2, 0.25) is 0 Å². The van der Waals surface area contributed by atoms with Gasteiger partial charge in [-0.1, -0.05) is 12.1 Å². The number of hydrogen-bond donors (Lipinski definition) is 1. The Bertz CT molecular complexity index is 662. The van der Waals surface area contributed by atoms with Gasteiger partial charge in [0.15, 0.2) is 5.78 Å². The third-order valence-electron chi connectivity index (χ3n) is 3.23. The van der Waals surface area contributed by atoms with Crippen molar-refractivity contribution in [3.8, 4) is 0 Å². The van der Waals surface area contributed by atoms with Crippen LogP contribution in [0.3, 0.4) is 0 Å². The van der Waals surface area contributed by atoms with Gasteiger partial charge < -0.3 is 10.2 Å². The molecule has 2 rings (SSSR count). The number of ketones is 1. The minimum absolute atomic E-state index is 0.117. The van der Waals surface area contributed by atoms with Crippen LogP contribution in [-0.2, 0) is 11.2 Å². The number of anilines is 1. The topological polar surface area (TPSA) is 45.2 Å². The van der Waals surface area contributed by atoms with E-state index in [-0.39, 0.29) is 5.78 Å². The van der Waals surface area contributed by atoms with E-state index in [1.165, 1.54) is 0 Å². The van der Waals surface area contributed by atoms with Gasteiger partial charge in [0.25, 0.3) is 0 Å². The van der Waals surface area contributed by atoms with Crippen LogP contribution in [0.1, 0.15) is 5.56 Å². The second-order valence-corrected chi connectivity index (χ2v) is 5.27. The highest BCUT2D eigenvalue weighted by Crippen LogP contribution is 2.22. The van der Waals surface area contributed by atoms with Crippen LogP contribution in [0, 0.1) is 0 Å². The fourth-order valence-electron chi connectivity index (χ4n) is 2.18. The number of likely N-dealkylation sites (N-methyl/N-ethyl adjacent to an activating group) is 1. The van der Waals surface area contributed by atoms with Gasteiger partial charge in [-0.2, -0.15) is 0 Å². The Morgan fingerprint density at radius 3 is 2.86 bits per heavy atom. The Hall–Kier alpha value is -2.20. The van der Waals surface area contributed by atoms with Gasteiger partial charge >= 0.3 is 0 Å². The quantitative estimate of drug-likeness (QED) is 0.827. The summed E-state index contributed by atoms with van der Waals surface area (Å²) in [5.74, 6) is 0.117. The van der Waals surface area contributed by atoms with Crippen molar-refractivity contribution in [1.82, 2.24) is 9.88 Å². The summed E-state index contributed by atoms with van der Waals surface area (Å²) in [6.07, 6.45) is 5.75. The highest BCUT2D eigenvalue weighted by Gasteiger charge is 2.05. The van der Waals surface area contributed by atoms with Crippen molar-refractivity contribution >= 4 is 22.4 Å². The van der Waals surface area contributed by atoms with Gasteiger partial charge in [0.05, 0.1) is 5.52 Å². The van der Waals surface area contributed by atoms with E-state index in [1.54, 1.807) is 12.3 Å². The first kappa shape index (κ1) is 15.2. The molecule has 2 aromatic rings. The molecular weight excluding hydrogens is 262 g/mol. The van der Waals surface area contributed by atoms with Gasteiger partial charge in [-0.05, 0) is 43.9 Å². The number of hydrogen-bond acceptors (Lipinski definition) is 4. The number of rotatable bonds is 6. The average molecular weight is 283 g/mol. The van der Waals surface area contributed by atoms with E-state index in [0.717, 1.165) is 28.7 Å². The number of nitrogens with one attached hydrogen (secondary N) is 1. The number of pyridine rings is 1. The second-order valence-electron chi connectivity index (χ2n) is 5.27. The first-order chi connectivity index (χ1) is 10.1. The molecular formula is C17H21N3O. The molecule has 0 aliphatic heterocycles. The largest absolute Gasteiger partial charge is 0.388 e. The van der Waals surface area contributed by atoms with Gasteiger partial charge in [-0.25, -0.2) is 0 Å². The average Bonchev–Trinajstić information content (AvgIpc) is 2.46. The van der Waals surface area contributed by atoms with Crippen LogP contribution in [0.25, 0.3) is 10.9 Å². The predicted molar refractivity (Wildman–Crippen MR) is 87.7 cm³/mol. The molecule has 0 saturated heterocycles. The molecule has 4 heteroatoms. The van der Waals surface area contributed by atoms with Gasteiger partial charge in [-0.15, -0.1) is 0 Å². The molecule has 0 radical (unpaired) electrons. The SMILES string of the molecule is CNc1ccnc2ccc(CC(=O)/C=C/CN(C)C)cc12. The van der Waals surface area contributed by atoms with Crippen molar-refractivity contribution < 1.29 is 4.79 Å². The monoisotopic (exact) mass is 283 g/mol. The van der Waals surface area contributed by atoms with Crippen LogP contribution >= 0.6 is 0 Å². The summed E-state index contributed by atoms with van der Waals surface area (Å²) in [6.45, 7) is 0.775. The van der Waals surface area contributed by atoms with Crippen LogP contribution in [0.5, 0.6) is 0 Å². The molecule has 0 bridgehead atoms. The van der Waals surface area contributed by atoms with E-state index >= 15 is 0 Å². The summed E-state index contributed by atoms with van der Waals surface area (Å²) in [4.78, 5) is 18.3. The van der Waals surface area contributed by atoms with Crippen LogP contribution in [0.15, 0.2) is 42.6 Å². The first-order valence-electron chi connectivity index (χ1n) is 6.99. The number of fused-ring (bicyclic) bond motifs is 1. The van der Waals surface area contributed by atoms with Crippen molar-refractivity contribution in [3.63, 3.8) is 0 Å². The number of carbonyl (C=O) groups is 1. The maximum Gasteiger partial charge on any atom is 0.159 e. The predicted octanol–water partition coefficient (Wildman–Crippen LogP) is 2.51. The Morgan fingerprint density at radius 2 is 2.14 bits per heavy atom. The summed E-state index contributed by atoms with van der Waals surface area (Å²) < 4.78 is 0. The normalized spacial score (nSPS) is 11.4. The number of benzene rings is 1. The number of nitrogens with zero attached hydrogens (tertiary/aromatic N) is 2. The maximum absolute atomic E-state index is 11.9. The Labute approximate surface area is 125 Å². The molecule has 0 aliphatic carbocycles. The number of aromatic nitrogens is 1. The minimum atomic E-state index is 0.117. The Morgan fingerprint density at radius 1 is 1.33 bits per heavy atom. The lowest BCUT2D eigenvalue weighted by molar-refractivity contribution is -0.114. The molecule has 110 valence electrons. The fraction of sp³-hybridized carbons (Fsp3) is 0.294. The molecule has 1 aromatic carbocycles. The first-order valence-corrected chi connectivity index (χ1v) is 6.99. The molecule has 0 aliphatic rings. The second kappa shape index (κ2) is 6.99. The molecule has 0 fully saturated rings. The van der Waals surface area contributed by atoms with Gasteiger partial charge in [0, 0.05) is 37.3 Å². The molecule has 0 saturated carbocycles. The molecule has 0 spiro atoms. The van der Waals surface area contributed by atoms with Crippen molar-refractivity contribution in [1.29, 1.82) is 0 Å². The minimum Gasteiger partial charge on any atom is -0.388 e. The molecule has 21 heavy (non-hydrogen) atoms. The van der Waals surface area contributed by atoms with Gasteiger partial charge in [0.1, 0.15) is 0 Å².